The fourth-order valence-corrected chi connectivity index (χ4v) is 1.72. The summed E-state index contributed by atoms with van der Waals surface area (Å²) in [7, 11) is 0. The van der Waals surface area contributed by atoms with Crippen LogP contribution in [-0.2, 0) is 0 Å². The van der Waals surface area contributed by atoms with E-state index in [-0.39, 0.29) is 5.78 Å². The number of carbonyl (C=O) groups is 1. The molecule has 0 aromatic heterocycles. The van der Waals surface area contributed by atoms with E-state index in [0.29, 0.717) is 21.8 Å². The number of allylic oxidation sites excluding steroid dienone is 1. The van der Waals surface area contributed by atoms with E-state index in [4.69, 9.17) is 17.3 Å². The molecule has 0 unspecified atom stereocenters. The Hall–Kier alpha value is -2.06. The van der Waals surface area contributed by atoms with Gasteiger partial charge in [-0.05, 0) is 42.0 Å². The van der Waals surface area contributed by atoms with Crippen molar-refractivity contribution in [3.8, 4) is 0 Å². The Kier molecular flexibility index (Phi) is 3.49. The highest BCUT2D eigenvalue weighted by Crippen LogP contribution is 2.20. The molecule has 2 rings (SSSR count). The van der Waals surface area contributed by atoms with Gasteiger partial charge in [0.1, 0.15) is 0 Å². The summed E-state index contributed by atoms with van der Waals surface area (Å²) < 4.78 is 0. The minimum Gasteiger partial charge on any atom is -0.399 e. The molecule has 0 aliphatic heterocycles. The Morgan fingerprint density at radius 3 is 2.00 bits per heavy atom. The second kappa shape index (κ2) is 5.07. The molecule has 0 atom stereocenters. The highest BCUT2D eigenvalue weighted by Gasteiger charge is 2.11. The molecule has 3 heteroatoms. The van der Waals surface area contributed by atoms with E-state index in [9.17, 15) is 4.79 Å². The van der Waals surface area contributed by atoms with Crippen LogP contribution in [0.4, 0.5) is 5.69 Å². The number of ketones is 1. The van der Waals surface area contributed by atoms with Crippen LogP contribution in [0.3, 0.4) is 0 Å². The van der Waals surface area contributed by atoms with Gasteiger partial charge in [-0.15, -0.1) is 0 Å². The van der Waals surface area contributed by atoms with E-state index in [1.54, 1.807) is 48.5 Å². The van der Waals surface area contributed by atoms with Crippen LogP contribution in [-0.4, -0.2) is 5.78 Å². The molecule has 0 aliphatic rings. The van der Waals surface area contributed by atoms with Gasteiger partial charge in [-0.25, -0.2) is 0 Å². The van der Waals surface area contributed by atoms with E-state index in [0.717, 1.165) is 5.56 Å². The summed E-state index contributed by atoms with van der Waals surface area (Å²) in [6.07, 6.45) is 0. The number of carbonyl (C=O) groups excluding carboxylic acids is 1. The van der Waals surface area contributed by atoms with Crippen LogP contribution in [0.1, 0.15) is 15.9 Å². The zero-order valence-corrected chi connectivity index (χ0v) is 10.4. The van der Waals surface area contributed by atoms with Crippen LogP contribution in [0.5, 0.6) is 0 Å². The van der Waals surface area contributed by atoms with Crippen molar-refractivity contribution in [2.45, 2.75) is 0 Å². The van der Waals surface area contributed by atoms with Crippen molar-refractivity contribution in [3.05, 3.63) is 71.3 Å². The molecule has 0 heterocycles. The number of nitrogens with two attached hydrogens (primary N) is 1. The van der Waals surface area contributed by atoms with E-state index >= 15 is 0 Å². The summed E-state index contributed by atoms with van der Waals surface area (Å²) in [5.41, 5.74) is 7.99. The molecule has 0 spiro atoms. The lowest BCUT2D eigenvalue weighted by Crippen LogP contribution is -2.01. The summed E-state index contributed by atoms with van der Waals surface area (Å²) >= 11 is 5.80. The van der Waals surface area contributed by atoms with Crippen molar-refractivity contribution in [1.82, 2.24) is 0 Å². The number of halogens is 1. The van der Waals surface area contributed by atoms with Crippen LogP contribution in [0, 0.1) is 0 Å². The predicted octanol–water partition coefficient (Wildman–Crippen LogP) is 3.82. The summed E-state index contributed by atoms with van der Waals surface area (Å²) in [4.78, 5) is 12.2. The van der Waals surface area contributed by atoms with Gasteiger partial charge in [0.05, 0.1) is 0 Å². The molecule has 0 amide bonds. The van der Waals surface area contributed by atoms with Gasteiger partial charge in [-0.3, -0.25) is 4.79 Å². The number of hydrogen-bond acceptors (Lipinski definition) is 2. The monoisotopic (exact) mass is 257 g/mol. The maximum Gasteiger partial charge on any atom is 0.193 e. The topological polar surface area (TPSA) is 43.1 Å². The Balaban J connectivity index is 2.26. The fraction of sp³-hybridized carbons (Fsp3) is 0. The third-order valence-electron chi connectivity index (χ3n) is 2.64. The van der Waals surface area contributed by atoms with Crippen LogP contribution >= 0.6 is 11.6 Å². The summed E-state index contributed by atoms with van der Waals surface area (Å²) in [6, 6.07) is 13.8. The Morgan fingerprint density at radius 1 is 0.944 bits per heavy atom. The van der Waals surface area contributed by atoms with Crippen LogP contribution in [0.25, 0.3) is 5.57 Å². The van der Waals surface area contributed by atoms with Crippen molar-refractivity contribution < 1.29 is 4.79 Å². The standard InChI is InChI=1S/C15H12ClNO/c1-10(11-2-6-13(16)7-3-11)15(18)12-4-8-14(17)9-5-12/h2-9H,1,17H2. The minimum absolute atomic E-state index is 0.114. The van der Waals surface area contributed by atoms with Crippen LogP contribution < -0.4 is 5.73 Å². The van der Waals surface area contributed by atoms with E-state index in [1.807, 2.05) is 0 Å². The molecule has 2 aromatic carbocycles. The molecule has 90 valence electrons. The maximum atomic E-state index is 12.2. The van der Waals surface area contributed by atoms with Gasteiger partial charge in [0.15, 0.2) is 5.78 Å². The molecule has 0 saturated carbocycles. The number of benzene rings is 2. The van der Waals surface area contributed by atoms with Crippen molar-refractivity contribution in [3.63, 3.8) is 0 Å². The zero-order valence-electron chi connectivity index (χ0n) is 9.69. The van der Waals surface area contributed by atoms with Gasteiger partial charge < -0.3 is 5.73 Å². The third-order valence-corrected chi connectivity index (χ3v) is 2.89. The highest BCUT2D eigenvalue weighted by molar-refractivity contribution is 6.31. The molecule has 0 radical (unpaired) electrons. The second-order valence-electron chi connectivity index (χ2n) is 3.94. The molecular weight excluding hydrogens is 246 g/mol. The summed E-state index contributed by atoms with van der Waals surface area (Å²) in [5.74, 6) is -0.114. The molecule has 0 fully saturated rings. The molecule has 0 saturated heterocycles. The molecular formula is C15H12ClNO. The van der Waals surface area contributed by atoms with Crippen molar-refractivity contribution in [2.75, 3.05) is 5.73 Å². The van der Waals surface area contributed by atoms with E-state index < -0.39 is 0 Å². The first-order valence-electron chi connectivity index (χ1n) is 5.43. The number of anilines is 1. The van der Waals surface area contributed by atoms with Gasteiger partial charge in [0.25, 0.3) is 0 Å². The van der Waals surface area contributed by atoms with Gasteiger partial charge in [0.2, 0.25) is 0 Å². The molecule has 18 heavy (non-hydrogen) atoms. The summed E-state index contributed by atoms with van der Waals surface area (Å²) in [5, 5.41) is 0.631. The third kappa shape index (κ3) is 2.60. The maximum absolute atomic E-state index is 12.2. The Labute approximate surface area is 111 Å². The molecule has 0 bridgehead atoms. The van der Waals surface area contributed by atoms with Gasteiger partial charge >= 0.3 is 0 Å². The average Bonchev–Trinajstić information content (AvgIpc) is 2.39. The first-order valence-corrected chi connectivity index (χ1v) is 5.81. The molecule has 2 nitrogen and oxygen atoms in total. The normalized spacial score (nSPS) is 10.1. The van der Waals surface area contributed by atoms with Crippen molar-refractivity contribution >= 4 is 28.6 Å². The predicted molar refractivity (Wildman–Crippen MR) is 75.7 cm³/mol. The molecule has 2 aromatic rings. The number of nitrogen functional groups attached to an aromatic ring is 1. The lowest BCUT2D eigenvalue weighted by Gasteiger charge is -2.05. The quantitative estimate of drug-likeness (QED) is 0.516. The number of hydrogen-bond donors (Lipinski definition) is 1. The molecule has 2 N–H and O–H groups in total. The number of Topliss-reactive ketones (excluding diaryl/α,β-unsaturated/α-hetero) is 1. The van der Waals surface area contributed by atoms with Crippen molar-refractivity contribution in [2.24, 2.45) is 0 Å². The highest BCUT2D eigenvalue weighted by atomic mass is 35.5. The van der Waals surface area contributed by atoms with E-state index in [2.05, 4.69) is 6.58 Å². The fourth-order valence-electron chi connectivity index (χ4n) is 1.59. The van der Waals surface area contributed by atoms with Gasteiger partial charge in [0, 0.05) is 21.8 Å². The van der Waals surface area contributed by atoms with Crippen LogP contribution in [0.2, 0.25) is 5.02 Å². The van der Waals surface area contributed by atoms with E-state index in [1.165, 1.54) is 0 Å². The lowest BCUT2D eigenvalue weighted by molar-refractivity contribution is 0.105. The number of rotatable bonds is 3. The molecule has 0 aliphatic carbocycles. The first-order chi connectivity index (χ1) is 8.58. The Bertz CT molecular complexity index is 529. The lowest BCUT2D eigenvalue weighted by atomic mass is 9.98. The van der Waals surface area contributed by atoms with Crippen LogP contribution in [0.15, 0.2) is 55.1 Å². The second-order valence-corrected chi connectivity index (χ2v) is 4.37. The van der Waals surface area contributed by atoms with Crippen molar-refractivity contribution in [1.29, 1.82) is 0 Å². The largest absolute Gasteiger partial charge is 0.399 e. The smallest absolute Gasteiger partial charge is 0.193 e. The Morgan fingerprint density at radius 2 is 1.44 bits per heavy atom. The van der Waals surface area contributed by atoms with Gasteiger partial charge in [-0.2, -0.15) is 0 Å². The average molecular weight is 258 g/mol. The SMILES string of the molecule is C=C(C(=O)c1ccc(N)cc1)c1ccc(Cl)cc1. The first kappa shape index (κ1) is 12.4. The minimum atomic E-state index is -0.114. The zero-order chi connectivity index (χ0) is 13.1. The summed E-state index contributed by atoms with van der Waals surface area (Å²) in [6.45, 7) is 3.83. The van der Waals surface area contributed by atoms with Gasteiger partial charge in [-0.1, -0.05) is 30.3 Å².